The first-order valence-electron chi connectivity index (χ1n) is 9.12. The standard InChI is InChI=1S/C21H24ClN3O2/c1-21(2,3)27-20(26)24-13-8-16-6-7-19(22)18(17(16)9-14-24)10-15-25-12-5-4-11-23-25/h5-7,11-12H,4,8-9,13-14H2,1-3H3. The van der Waals surface area contributed by atoms with Crippen LogP contribution in [0.25, 0.3) is 0 Å². The van der Waals surface area contributed by atoms with Crippen molar-refractivity contribution in [2.24, 2.45) is 5.10 Å². The van der Waals surface area contributed by atoms with Gasteiger partial charge in [-0.3, -0.25) is 0 Å². The van der Waals surface area contributed by atoms with E-state index in [-0.39, 0.29) is 6.09 Å². The fourth-order valence-corrected chi connectivity index (χ4v) is 3.24. The van der Waals surface area contributed by atoms with E-state index in [1.54, 1.807) is 16.1 Å². The predicted molar refractivity (Wildman–Crippen MR) is 108 cm³/mol. The topological polar surface area (TPSA) is 45.1 Å². The van der Waals surface area contributed by atoms with Gasteiger partial charge in [0.25, 0.3) is 0 Å². The molecule has 1 aromatic carbocycles. The molecule has 2 aliphatic rings. The van der Waals surface area contributed by atoms with E-state index in [0.717, 1.165) is 24.0 Å². The normalized spacial score (nSPS) is 16.3. The summed E-state index contributed by atoms with van der Waals surface area (Å²) in [6.07, 6.45) is 7.63. The summed E-state index contributed by atoms with van der Waals surface area (Å²) in [5.74, 6) is 3.17. The summed E-state index contributed by atoms with van der Waals surface area (Å²) in [5, 5.41) is 6.42. The first-order chi connectivity index (χ1) is 12.8. The van der Waals surface area contributed by atoms with E-state index in [1.165, 1.54) is 5.56 Å². The molecule has 0 N–H and O–H groups in total. The number of carbonyl (C=O) groups is 1. The van der Waals surface area contributed by atoms with Crippen molar-refractivity contribution in [2.75, 3.05) is 13.1 Å². The number of halogens is 1. The molecular weight excluding hydrogens is 362 g/mol. The summed E-state index contributed by atoms with van der Waals surface area (Å²) in [6, 6.07) is 6.93. The molecule has 0 saturated heterocycles. The van der Waals surface area contributed by atoms with Crippen molar-refractivity contribution in [3.8, 4) is 12.0 Å². The van der Waals surface area contributed by atoms with Gasteiger partial charge >= 0.3 is 6.09 Å². The highest BCUT2D eigenvalue weighted by Crippen LogP contribution is 2.27. The summed E-state index contributed by atoms with van der Waals surface area (Å²) in [7, 11) is 0. The highest BCUT2D eigenvalue weighted by atomic mass is 35.5. The molecule has 0 aliphatic carbocycles. The molecule has 27 heavy (non-hydrogen) atoms. The third kappa shape index (κ3) is 5.05. The van der Waals surface area contributed by atoms with Gasteiger partial charge < -0.3 is 9.64 Å². The SMILES string of the molecule is CC(C)(C)OC(=O)N1CCc2ccc(Cl)c(C#CN3C=CCC=N3)c2CC1. The lowest BCUT2D eigenvalue weighted by molar-refractivity contribution is 0.0258. The van der Waals surface area contributed by atoms with E-state index in [1.807, 2.05) is 45.2 Å². The summed E-state index contributed by atoms with van der Waals surface area (Å²) < 4.78 is 5.52. The van der Waals surface area contributed by atoms with Crippen molar-refractivity contribution in [1.29, 1.82) is 0 Å². The van der Waals surface area contributed by atoms with Gasteiger partial charge in [-0.2, -0.15) is 10.1 Å². The molecule has 3 rings (SSSR count). The quantitative estimate of drug-likeness (QED) is 0.629. The molecule has 0 fully saturated rings. The Morgan fingerprint density at radius 1 is 1.26 bits per heavy atom. The zero-order valence-corrected chi connectivity index (χ0v) is 16.7. The Labute approximate surface area is 165 Å². The van der Waals surface area contributed by atoms with Crippen LogP contribution < -0.4 is 0 Å². The monoisotopic (exact) mass is 385 g/mol. The predicted octanol–water partition coefficient (Wildman–Crippen LogP) is 4.19. The molecule has 2 heterocycles. The Hall–Kier alpha value is -2.45. The molecule has 1 aromatic rings. The van der Waals surface area contributed by atoms with Crippen LogP contribution in [0.5, 0.6) is 0 Å². The highest BCUT2D eigenvalue weighted by molar-refractivity contribution is 6.31. The molecule has 0 bridgehead atoms. The second-order valence-corrected chi connectivity index (χ2v) is 7.93. The second-order valence-electron chi connectivity index (χ2n) is 7.53. The number of ether oxygens (including phenoxy) is 1. The number of carbonyl (C=O) groups excluding carboxylic acids is 1. The molecule has 1 amide bonds. The molecule has 5 nitrogen and oxygen atoms in total. The number of rotatable bonds is 0. The maximum Gasteiger partial charge on any atom is 0.410 e. The molecule has 0 saturated carbocycles. The average molecular weight is 386 g/mol. The number of hydrazone groups is 1. The van der Waals surface area contributed by atoms with Crippen molar-refractivity contribution in [1.82, 2.24) is 9.91 Å². The summed E-state index contributed by atoms with van der Waals surface area (Å²) >= 11 is 6.44. The van der Waals surface area contributed by atoms with Gasteiger partial charge in [-0.15, -0.1) is 0 Å². The Balaban J connectivity index is 1.81. The molecule has 0 radical (unpaired) electrons. The fraction of sp³-hybridized carbons (Fsp3) is 0.429. The molecule has 142 valence electrons. The highest BCUT2D eigenvalue weighted by Gasteiger charge is 2.25. The van der Waals surface area contributed by atoms with Crippen LogP contribution in [-0.2, 0) is 17.6 Å². The van der Waals surface area contributed by atoms with E-state index in [4.69, 9.17) is 16.3 Å². The maximum atomic E-state index is 12.4. The van der Waals surface area contributed by atoms with Crippen molar-refractivity contribution in [3.05, 3.63) is 46.1 Å². The zero-order valence-electron chi connectivity index (χ0n) is 16.0. The Morgan fingerprint density at radius 2 is 2.04 bits per heavy atom. The Morgan fingerprint density at radius 3 is 2.74 bits per heavy atom. The average Bonchev–Trinajstić information content (AvgIpc) is 2.83. The van der Waals surface area contributed by atoms with Crippen LogP contribution in [0.4, 0.5) is 4.79 Å². The van der Waals surface area contributed by atoms with Crippen molar-refractivity contribution in [2.45, 2.75) is 45.6 Å². The zero-order chi connectivity index (χ0) is 19.4. The lowest BCUT2D eigenvalue weighted by Crippen LogP contribution is -2.38. The smallest absolute Gasteiger partial charge is 0.410 e. The van der Waals surface area contributed by atoms with Crippen LogP contribution in [0.2, 0.25) is 5.02 Å². The molecule has 0 spiro atoms. The molecule has 2 aliphatic heterocycles. The minimum absolute atomic E-state index is 0.276. The van der Waals surface area contributed by atoms with Gasteiger partial charge in [0.05, 0.1) is 5.02 Å². The van der Waals surface area contributed by atoms with E-state index in [0.29, 0.717) is 24.5 Å². The van der Waals surface area contributed by atoms with Crippen molar-refractivity contribution in [3.63, 3.8) is 0 Å². The van der Waals surface area contributed by atoms with Gasteiger partial charge in [0, 0.05) is 43.5 Å². The van der Waals surface area contributed by atoms with Crippen LogP contribution in [0.1, 0.15) is 43.9 Å². The van der Waals surface area contributed by atoms with Gasteiger partial charge in [-0.05, 0) is 56.7 Å². The number of amides is 1. The van der Waals surface area contributed by atoms with Gasteiger partial charge in [0.1, 0.15) is 5.60 Å². The van der Waals surface area contributed by atoms with E-state index in [9.17, 15) is 4.79 Å². The van der Waals surface area contributed by atoms with Gasteiger partial charge in [-0.25, -0.2) is 4.79 Å². The molecule has 0 aromatic heterocycles. The van der Waals surface area contributed by atoms with Crippen molar-refractivity contribution >= 4 is 23.9 Å². The first kappa shape index (κ1) is 19.3. The van der Waals surface area contributed by atoms with Gasteiger partial charge in [0.2, 0.25) is 0 Å². The van der Waals surface area contributed by atoms with Gasteiger partial charge in [-0.1, -0.05) is 23.7 Å². The van der Waals surface area contributed by atoms with Gasteiger partial charge in [0.15, 0.2) is 0 Å². The fourth-order valence-electron chi connectivity index (χ4n) is 3.01. The maximum absolute atomic E-state index is 12.4. The Kier molecular flexibility index (Phi) is 5.76. The van der Waals surface area contributed by atoms with Crippen LogP contribution in [0.15, 0.2) is 29.5 Å². The van der Waals surface area contributed by atoms with Crippen molar-refractivity contribution < 1.29 is 9.53 Å². The van der Waals surface area contributed by atoms with Crippen LogP contribution in [0, 0.1) is 12.0 Å². The number of hydrogen-bond acceptors (Lipinski definition) is 4. The molecule has 6 heteroatoms. The minimum Gasteiger partial charge on any atom is -0.444 e. The third-order valence-corrected chi connectivity index (χ3v) is 4.60. The largest absolute Gasteiger partial charge is 0.444 e. The van der Waals surface area contributed by atoms with E-state index < -0.39 is 5.60 Å². The number of nitrogens with zero attached hydrogens (tertiary/aromatic N) is 3. The number of hydrogen-bond donors (Lipinski definition) is 0. The lowest BCUT2D eigenvalue weighted by Gasteiger charge is -2.26. The lowest BCUT2D eigenvalue weighted by atomic mass is 9.97. The molecule has 0 unspecified atom stereocenters. The summed E-state index contributed by atoms with van der Waals surface area (Å²) in [5.41, 5.74) is 2.59. The number of allylic oxidation sites excluding steroid dienone is 1. The molecular formula is C21H24ClN3O2. The van der Waals surface area contributed by atoms with E-state index >= 15 is 0 Å². The van der Waals surface area contributed by atoms with Crippen LogP contribution >= 0.6 is 11.6 Å². The molecule has 0 atom stereocenters. The summed E-state index contributed by atoms with van der Waals surface area (Å²) in [6.45, 7) is 6.83. The number of benzene rings is 1. The minimum atomic E-state index is -0.501. The van der Waals surface area contributed by atoms with Crippen LogP contribution in [-0.4, -0.2) is 40.9 Å². The third-order valence-electron chi connectivity index (χ3n) is 4.28. The van der Waals surface area contributed by atoms with Crippen LogP contribution in [0.3, 0.4) is 0 Å². The number of fused-ring (bicyclic) bond motifs is 1. The summed E-state index contributed by atoms with van der Waals surface area (Å²) in [4.78, 5) is 14.2. The van der Waals surface area contributed by atoms with E-state index in [2.05, 4.69) is 17.1 Å². The Bertz CT molecular complexity index is 831. The second kappa shape index (κ2) is 8.06. The first-order valence-corrected chi connectivity index (χ1v) is 9.49.